The lowest BCUT2D eigenvalue weighted by Crippen LogP contribution is -2.43. The van der Waals surface area contributed by atoms with Gasteiger partial charge < -0.3 is 0 Å². The first kappa shape index (κ1) is 33.1. The van der Waals surface area contributed by atoms with Crippen molar-refractivity contribution < 1.29 is 0 Å². The Morgan fingerprint density at radius 2 is 0.719 bits per heavy atom. The zero-order valence-electron chi connectivity index (χ0n) is 22.2. The molecule has 32 heavy (non-hydrogen) atoms. The highest BCUT2D eigenvalue weighted by molar-refractivity contribution is 8.04. The summed E-state index contributed by atoms with van der Waals surface area (Å²) in [5.74, 6) is 0. The van der Waals surface area contributed by atoms with Crippen molar-refractivity contribution in [2.24, 2.45) is 4.52 Å². The lowest BCUT2D eigenvalue weighted by atomic mass is 10.3. The van der Waals surface area contributed by atoms with Crippen molar-refractivity contribution in [3.8, 4) is 0 Å². The molecule has 0 saturated heterocycles. The molecular weight excluding hydrogens is 477 g/mol. The van der Waals surface area contributed by atoms with Crippen LogP contribution in [0.3, 0.4) is 0 Å². The first-order valence-corrected chi connectivity index (χ1v) is 18.2. The van der Waals surface area contributed by atoms with Crippen LogP contribution in [-0.2, 0) is 0 Å². The number of hydrogen-bond acceptors (Lipinski definition) is 1. The van der Waals surface area contributed by atoms with Crippen molar-refractivity contribution in [3.63, 3.8) is 0 Å². The van der Waals surface area contributed by atoms with E-state index in [2.05, 4.69) is 55.6 Å². The van der Waals surface area contributed by atoms with E-state index in [0.717, 1.165) is 39.3 Å². The summed E-state index contributed by atoms with van der Waals surface area (Å²) < 4.78 is 13.7. The maximum absolute atomic E-state index is 6.61. The molecule has 0 N–H and O–H groups in total. The lowest BCUT2D eigenvalue weighted by molar-refractivity contribution is 0.291. The van der Waals surface area contributed by atoms with Crippen LogP contribution < -0.4 is 0 Å². The van der Waals surface area contributed by atoms with Crippen LogP contribution in [0.25, 0.3) is 0 Å². The van der Waals surface area contributed by atoms with Gasteiger partial charge in [0.2, 0.25) is 6.78 Å². The van der Waals surface area contributed by atoms with E-state index in [4.69, 9.17) is 27.0 Å². The second-order valence-corrected chi connectivity index (χ2v) is 15.2. The quantitative estimate of drug-likeness (QED) is 0.130. The first-order valence-electron chi connectivity index (χ1n) is 13.5. The molecule has 0 aliphatic heterocycles. The van der Waals surface area contributed by atoms with Crippen LogP contribution in [0.15, 0.2) is 4.52 Å². The molecule has 0 aliphatic rings. The molecule has 0 saturated carbocycles. The summed E-state index contributed by atoms with van der Waals surface area (Å²) in [4.78, 5) is 0. The molecule has 0 fully saturated rings. The molecule has 4 nitrogen and oxygen atoms in total. The third kappa shape index (κ3) is 12.2. The van der Waals surface area contributed by atoms with Crippen LogP contribution in [0.5, 0.6) is 0 Å². The van der Waals surface area contributed by atoms with Gasteiger partial charge in [0.15, 0.2) is 7.51 Å². The molecule has 0 aliphatic carbocycles. The largest absolute Gasteiger partial charge is 0.246 e. The standard InChI is InChI=1S/C24H54Cl2N4P2/c1-7-13-19-28(20-14-8-2)32(27-31(25)26,29(21-15-9-3)22-16-10-4)30(23-17-11-5)24-18-12-6/h7-24H2,1-6H3. The Bertz CT molecular complexity index is 400. The van der Waals surface area contributed by atoms with Gasteiger partial charge in [-0.3, -0.25) is 0 Å². The molecule has 0 bridgehead atoms. The zero-order chi connectivity index (χ0) is 24.2. The molecule has 0 aromatic heterocycles. The van der Waals surface area contributed by atoms with Crippen LogP contribution in [0.1, 0.15) is 119 Å². The van der Waals surface area contributed by atoms with Gasteiger partial charge in [-0.1, -0.05) is 103 Å². The first-order chi connectivity index (χ1) is 15.5. The van der Waals surface area contributed by atoms with E-state index in [0.29, 0.717) is 0 Å². The molecule has 0 aromatic carbocycles. The maximum Gasteiger partial charge on any atom is 0.209 e. The molecule has 0 atom stereocenters. The topological polar surface area (TPSA) is 22.1 Å². The van der Waals surface area contributed by atoms with Gasteiger partial charge in [0.1, 0.15) is 0 Å². The van der Waals surface area contributed by atoms with Gasteiger partial charge in [-0.25, -0.2) is 18.5 Å². The zero-order valence-corrected chi connectivity index (χ0v) is 25.5. The Morgan fingerprint density at radius 1 is 0.500 bits per heavy atom. The van der Waals surface area contributed by atoms with Crippen molar-refractivity contribution in [1.82, 2.24) is 14.0 Å². The molecule has 8 heteroatoms. The van der Waals surface area contributed by atoms with Gasteiger partial charge in [0.05, 0.1) is 0 Å². The van der Waals surface area contributed by atoms with E-state index in [-0.39, 0.29) is 0 Å². The van der Waals surface area contributed by atoms with Crippen molar-refractivity contribution in [2.45, 2.75) is 119 Å². The molecular formula is C24H54Cl2N4P2. The average molecular weight is 532 g/mol. The minimum absolute atomic E-state index is 1.09. The Labute approximate surface area is 212 Å². The van der Waals surface area contributed by atoms with Gasteiger partial charge in [-0.05, 0) is 38.5 Å². The van der Waals surface area contributed by atoms with Crippen LogP contribution in [-0.4, -0.2) is 53.3 Å². The summed E-state index contributed by atoms with van der Waals surface area (Å²) in [6.07, 6.45) is 14.4. The third-order valence-corrected chi connectivity index (χ3v) is 12.1. The molecule has 0 rings (SSSR count). The third-order valence-electron chi connectivity index (χ3n) is 5.94. The molecule has 0 unspecified atom stereocenters. The van der Waals surface area contributed by atoms with Gasteiger partial charge in [-0.15, -0.1) is 0 Å². The summed E-state index contributed by atoms with van der Waals surface area (Å²) in [5.41, 5.74) is 0. The van der Waals surface area contributed by atoms with E-state index in [1.165, 1.54) is 77.0 Å². The van der Waals surface area contributed by atoms with Crippen LogP contribution in [0, 0.1) is 0 Å². The SMILES string of the molecule is CCCCN(CCCC)P(=NP(Cl)Cl)(N(CCCC)CCCC)N(CCCC)CCCC. The van der Waals surface area contributed by atoms with E-state index in [1.54, 1.807) is 0 Å². The Morgan fingerprint density at radius 3 is 0.875 bits per heavy atom. The summed E-state index contributed by atoms with van der Waals surface area (Å²) in [6, 6.07) is 0. The van der Waals surface area contributed by atoms with E-state index < -0.39 is 14.3 Å². The fourth-order valence-electron chi connectivity index (χ4n) is 3.98. The highest BCUT2D eigenvalue weighted by Crippen LogP contribution is 2.68. The molecule has 0 radical (unpaired) electrons. The van der Waals surface area contributed by atoms with Gasteiger partial charge in [0, 0.05) is 39.3 Å². The fraction of sp³-hybridized carbons (Fsp3) is 1.00. The second kappa shape index (κ2) is 21.4. The maximum atomic E-state index is 6.61. The highest BCUT2D eigenvalue weighted by atomic mass is 35.9. The van der Waals surface area contributed by atoms with Crippen LogP contribution >= 0.6 is 36.8 Å². The predicted octanol–water partition coefficient (Wildman–Crippen LogP) is 10.3. The van der Waals surface area contributed by atoms with Crippen molar-refractivity contribution in [2.75, 3.05) is 39.3 Å². The second-order valence-electron chi connectivity index (χ2n) is 8.82. The predicted molar refractivity (Wildman–Crippen MR) is 152 cm³/mol. The van der Waals surface area contributed by atoms with Crippen LogP contribution in [0.4, 0.5) is 0 Å². The Balaban J connectivity index is 6.78. The molecule has 0 aromatic rings. The summed E-state index contributed by atoms with van der Waals surface area (Å²) >= 11 is 13.2. The summed E-state index contributed by atoms with van der Waals surface area (Å²) in [6.45, 7) is 18.9. The van der Waals surface area contributed by atoms with E-state index in [1.807, 2.05) is 0 Å². The summed E-state index contributed by atoms with van der Waals surface area (Å²) in [5, 5.41) is 0. The van der Waals surface area contributed by atoms with E-state index in [9.17, 15) is 0 Å². The number of nitrogens with zero attached hydrogens (tertiary/aromatic N) is 4. The van der Waals surface area contributed by atoms with Crippen molar-refractivity contribution >= 4 is 36.8 Å². The van der Waals surface area contributed by atoms with Gasteiger partial charge in [-0.2, -0.15) is 0 Å². The van der Waals surface area contributed by atoms with Crippen molar-refractivity contribution in [3.05, 3.63) is 0 Å². The van der Waals surface area contributed by atoms with Gasteiger partial charge in [0.25, 0.3) is 0 Å². The highest BCUT2D eigenvalue weighted by Gasteiger charge is 2.40. The smallest absolute Gasteiger partial charge is 0.209 e. The lowest BCUT2D eigenvalue weighted by Gasteiger charge is -2.50. The van der Waals surface area contributed by atoms with Gasteiger partial charge >= 0.3 is 0 Å². The Kier molecular flexibility index (Phi) is 22.2. The molecule has 0 amide bonds. The average Bonchev–Trinajstić information content (AvgIpc) is 2.78. The van der Waals surface area contributed by atoms with Crippen LogP contribution in [0.2, 0.25) is 0 Å². The fourth-order valence-corrected chi connectivity index (χ4v) is 11.2. The van der Waals surface area contributed by atoms with Crippen molar-refractivity contribution in [1.29, 1.82) is 0 Å². The molecule has 0 heterocycles. The molecule has 194 valence electrons. The number of hydrogen-bond donors (Lipinski definition) is 0. The number of halogens is 2. The monoisotopic (exact) mass is 530 g/mol. The Hall–Kier alpha value is 1.12. The van der Waals surface area contributed by atoms with E-state index >= 15 is 0 Å². The normalized spacial score (nSPS) is 12.6. The summed E-state index contributed by atoms with van der Waals surface area (Å²) in [7, 11) is -2.17. The number of unbranched alkanes of at least 4 members (excludes halogenated alkanes) is 6. The molecule has 0 spiro atoms. The minimum atomic E-state index is -2.17. The minimum Gasteiger partial charge on any atom is -0.246 e. The number of rotatable bonds is 22.